The maximum absolute atomic E-state index is 2.60. The molecule has 10 aromatic rings. The van der Waals surface area contributed by atoms with Crippen molar-refractivity contribution >= 4 is 39.6 Å². The normalized spacial score (nSPS) is 16.0. The summed E-state index contributed by atoms with van der Waals surface area (Å²) in [6.07, 6.45) is 5.87. The van der Waals surface area contributed by atoms with Crippen LogP contribution >= 0.6 is 0 Å². The molecule has 4 aliphatic rings. The summed E-state index contributed by atoms with van der Waals surface area (Å²) in [7, 11) is 0. The lowest BCUT2D eigenvalue weighted by atomic mass is 9.80. The van der Waals surface area contributed by atoms with Crippen LogP contribution in [0.15, 0.2) is 249 Å². The van der Waals surface area contributed by atoms with Crippen LogP contribution in [0.5, 0.6) is 0 Å². The standard InChI is InChI=1S/C72H56N2/c1-71(2)63-28-18-17-27-58(63)60-45-62-61-41-52(34-40-67(61)74(68(62)46-65(60)71)55-25-15-8-16-26-55)51-31-37-57(38-32-51)73(56-35-29-50(30-36-56)47-19-9-5-10-20-47)69-44-54(49-23-13-7-14-24-49)43-66-70(69)59-39-33-53(42-64(59)72(66,3)4)48-21-11-6-12-22-48/h5-39,41-46,67H,40H2,1-4H3. The summed E-state index contributed by atoms with van der Waals surface area (Å²) in [6, 6.07) is 88.2. The molecule has 354 valence electrons. The largest absolute Gasteiger partial charge is 0.333 e. The second-order valence-corrected chi connectivity index (χ2v) is 21.6. The van der Waals surface area contributed by atoms with Crippen LogP contribution in [0.4, 0.5) is 28.4 Å². The molecule has 1 unspecified atom stereocenters. The highest BCUT2D eigenvalue weighted by Gasteiger charge is 2.43. The zero-order chi connectivity index (χ0) is 49.7. The zero-order valence-corrected chi connectivity index (χ0v) is 42.4. The van der Waals surface area contributed by atoms with E-state index >= 15 is 0 Å². The van der Waals surface area contributed by atoms with Crippen LogP contribution in [0.3, 0.4) is 0 Å². The lowest BCUT2D eigenvalue weighted by Gasteiger charge is -2.31. The number of hydrogen-bond acceptors (Lipinski definition) is 2. The van der Waals surface area contributed by atoms with Crippen LogP contribution in [0.2, 0.25) is 0 Å². The molecule has 0 aromatic heterocycles. The molecule has 0 fully saturated rings. The van der Waals surface area contributed by atoms with Gasteiger partial charge in [-0.2, -0.15) is 0 Å². The molecule has 2 nitrogen and oxygen atoms in total. The van der Waals surface area contributed by atoms with Crippen LogP contribution in [0, 0.1) is 0 Å². The first-order chi connectivity index (χ1) is 36.2. The zero-order valence-electron chi connectivity index (χ0n) is 42.4. The number of para-hydroxylation sites is 1. The Kier molecular flexibility index (Phi) is 10.1. The van der Waals surface area contributed by atoms with Gasteiger partial charge in [-0.25, -0.2) is 0 Å². The molecule has 0 saturated carbocycles. The minimum atomic E-state index is -0.255. The van der Waals surface area contributed by atoms with Gasteiger partial charge in [0.15, 0.2) is 0 Å². The van der Waals surface area contributed by atoms with Crippen LogP contribution in [0.1, 0.15) is 67.5 Å². The smallest absolute Gasteiger partial charge is 0.0633 e. The highest BCUT2D eigenvalue weighted by atomic mass is 15.2. The van der Waals surface area contributed by atoms with Crippen molar-refractivity contribution in [3.05, 3.63) is 282 Å². The van der Waals surface area contributed by atoms with Gasteiger partial charge >= 0.3 is 0 Å². The maximum Gasteiger partial charge on any atom is 0.0633 e. The van der Waals surface area contributed by atoms with Gasteiger partial charge in [0.05, 0.1) is 11.7 Å². The molecule has 3 aliphatic carbocycles. The number of hydrogen-bond donors (Lipinski definition) is 0. The summed E-state index contributed by atoms with van der Waals surface area (Å²) in [5.41, 5.74) is 28.9. The third-order valence-corrected chi connectivity index (χ3v) is 16.7. The molecule has 1 atom stereocenters. The monoisotopic (exact) mass is 948 g/mol. The summed E-state index contributed by atoms with van der Waals surface area (Å²) in [4.78, 5) is 5.11. The minimum Gasteiger partial charge on any atom is -0.333 e. The van der Waals surface area contributed by atoms with E-state index in [0.717, 1.165) is 17.8 Å². The number of benzene rings is 10. The quantitative estimate of drug-likeness (QED) is 0.150. The molecule has 0 N–H and O–H groups in total. The van der Waals surface area contributed by atoms with Crippen molar-refractivity contribution in [1.29, 1.82) is 0 Å². The molecular weight excluding hydrogens is 893 g/mol. The molecule has 0 bridgehead atoms. The van der Waals surface area contributed by atoms with Crippen molar-refractivity contribution in [1.82, 2.24) is 0 Å². The Morgan fingerprint density at radius 2 is 0.905 bits per heavy atom. The number of fused-ring (bicyclic) bond motifs is 9. The van der Waals surface area contributed by atoms with Gasteiger partial charge in [0.1, 0.15) is 0 Å². The fourth-order valence-corrected chi connectivity index (χ4v) is 12.9. The van der Waals surface area contributed by atoms with E-state index in [9.17, 15) is 0 Å². The van der Waals surface area contributed by atoms with Gasteiger partial charge in [-0.15, -0.1) is 0 Å². The second kappa shape index (κ2) is 16.9. The van der Waals surface area contributed by atoms with E-state index in [1.807, 2.05) is 0 Å². The van der Waals surface area contributed by atoms with Crippen molar-refractivity contribution in [2.24, 2.45) is 0 Å². The van der Waals surface area contributed by atoms with Gasteiger partial charge in [0.25, 0.3) is 0 Å². The van der Waals surface area contributed by atoms with Gasteiger partial charge < -0.3 is 9.80 Å². The Balaban J connectivity index is 0.912. The van der Waals surface area contributed by atoms with E-state index < -0.39 is 0 Å². The molecule has 10 aromatic carbocycles. The first-order valence-electron chi connectivity index (χ1n) is 26.3. The molecule has 0 spiro atoms. The summed E-state index contributed by atoms with van der Waals surface area (Å²) < 4.78 is 0. The van der Waals surface area contributed by atoms with E-state index in [4.69, 9.17) is 0 Å². The number of rotatable bonds is 8. The maximum atomic E-state index is 2.60. The van der Waals surface area contributed by atoms with Crippen LogP contribution in [-0.2, 0) is 10.8 Å². The molecule has 1 heterocycles. The summed E-state index contributed by atoms with van der Waals surface area (Å²) >= 11 is 0. The van der Waals surface area contributed by atoms with E-state index in [1.54, 1.807) is 0 Å². The first-order valence-corrected chi connectivity index (χ1v) is 26.3. The third kappa shape index (κ3) is 6.92. The van der Waals surface area contributed by atoms with Crippen LogP contribution in [0.25, 0.3) is 66.8 Å². The molecule has 1 aliphatic heterocycles. The van der Waals surface area contributed by atoms with E-state index in [2.05, 4.69) is 286 Å². The molecule has 0 radical (unpaired) electrons. The highest BCUT2D eigenvalue weighted by Crippen LogP contribution is 2.58. The fourth-order valence-electron chi connectivity index (χ4n) is 12.9. The van der Waals surface area contributed by atoms with Gasteiger partial charge in [0.2, 0.25) is 0 Å². The van der Waals surface area contributed by atoms with E-state index in [0.29, 0.717) is 0 Å². The number of nitrogens with zero attached hydrogens (tertiary/aromatic N) is 2. The average molecular weight is 949 g/mol. The Morgan fingerprint density at radius 3 is 1.57 bits per heavy atom. The molecule has 0 amide bonds. The predicted octanol–water partition coefficient (Wildman–Crippen LogP) is 19.2. The number of allylic oxidation sites excluding steroid dienone is 2. The topological polar surface area (TPSA) is 6.48 Å². The van der Waals surface area contributed by atoms with Gasteiger partial charge in [-0.3, -0.25) is 0 Å². The Hall–Kier alpha value is -8.72. The van der Waals surface area contributed by atoms with Crippen molar-refractivity contribution in [3.8, 4) is 55.6 Å². The molecule has 2 heteroatoms. The second-order valence-electron chi connectivity index (χ2n) is 21.6. The third-order valence-electron chi connectivity index (χ3n) is 16.7. The summed E-state index contributed by atoms with van der Waals surface area (Å²) in [6.45, 7) is 9.59. The van der Waals surface area contributed by atoms with Gasteiger partial charge in [-0.1, -0.05) is 204 Å². The van der Waals surface area contributed by atoms with Crippen molar-refractivity contribution in [3.63, 3.8) is 0 Å². The van der Waals surface area contributed by atoms with E-state index in [-0.39, 0.29) is 16.9 Å². The van der Waals surface area contributed by atoms with Crippen molar-refractivity contribution in [2.45, 2.75) is 51.0 Å². The Morgan fingerprint density at radius 1 is 0.392 bits per heavy atom. The van der Waals surface area contributed by atoms with Gasteiger partial charge in [0, 0.05) is 44.7 Å². The van der Waals surface area contributed by atoms with E-state index in [1.165, 1.54) is 117 Å². The average Bonchev–Trinajstić information content (AvgIpc) is 4.09. The van der Waals surface area contributed by atoms with Crippen LogP contribution in [-0.4, -0.2) is 6.04 Å². The molecular formula is C72H56N2. The fraction of sp³-hybridized carbons (Fsp3) is 0.111. The van der Waals surface area contributed by atoms with Crippen molar-refractivity contribution in [2.75, 3.05) is 9.80 Å². The molecule has 74 heavy (non-hydrogen) atoms. The lowest BCUT2D eigenvalue weighted by Crippen LogP contribution is -2.27. The summed E-state index contributed by atoms with van der Waals surface area (Å²) in [5.74, 6) is 0. The van der Waals surface area contributed by atoms with Gasteiger partial charge in [-0.05, 0) is 168 Å². The highest BCUT2D eigenvalue weighted by molar-refractivity contribution is 6.02. The summed E-state index contributed by atoms with van der Waals surface area (Å²) in [5, 5.41) is 0. The SMILES string of the molecule is CC1(C)c2ccccc2-c2cc3c(cc21)N(c1ccccc1)C1CC=C(c2ccc(N(c4ccc(-c5ccccc5)cc4)c4cc(-c5ccccc5)cc5c4-c4ccc(-c6ccccc6)cc4C5(C)C)cc2)C=C31. The van der Waals surface area contributed by atoms with Crippen LogP contribution < -0.4 is 9.80 Å². The minimum absolute atomic E-state index is 0.0805. The van der Waals surface area contributed by atoms with Crippen molar-refractivity contribution < 1.29 is 0 Å². The Labute approximate surface area is 435 Å². The lowest BCUT2D eigenvalue weighted by molar-refractivity contribution is 0.660. The predicted molar refractivity (Wildman–Crippen MR) is 312 cm³/mol. The first kappa shape index (κ1) is 44.0. The molecule has 0 saturated heterocycles. The molecule has 14 rings (SSSR count). The Bertz CT molecular complexity index is 3880. The number of anilines is 5.